The van der Waals surface area contributed by atoms with Crippen LogP contribution in [0.15, 0.2) is 54.0 Å². The Balaban J connectivity index is 1.25. The second-order valence-electron chi connectivity index (χ2n) is 10.1. The quantitative estimate of drug-likeness (QED) is 0.374. The summed E-state index contributed by atoms with van der Waals surface area (Å²) >= 11 is 1.88. The lowest BCUT2D eigenvalue weighted by molar-refractivity contribution is -0.125. The first-order chi connectivity index (χ1) is 16.2. The van der Waals surface area contributed by atoms with Crippen LogP contribution < -0.4 is 0 Å². The minimum atomic E-state index is -0.0564. The third-order valence-electron chi connectivity index (χ3n) is 8.06. The highest BCUT2D eigenvalue weighted by molar-refractivity contribution is 7.17. The summed E-state index contributed by atoms with van der Waals surface area (Å²) in [4.78, 5) is 20.8. The van der Waals surface area contributed by atoms with Crippen LogP contribution in [0.3, 0.4) is 0 Å². The molecule has 3 atom stereocenters. The second kappa shape index (κ2) is 10.5. The molecule has 1 saturated carbocycles. The smallest absolute Gasteiger partial charge is 0.145 e. The Hall–Kier alpha value is -2.04. The van der Waals surface area contributed by atoms with Gasteiger partial charge in [0.25, 0.3) is 0 Å². The zero-order valence-electron chi connectivity index (χ0n) is 19.8. The molecule has 3 aromatic rings. The number of likely N-dealkylation sites (tertiary alicyclic amines) is 1. The summed E-state index contributed by atoms with van der Waals surface area (Å²) in [5.74, 6) is 1.26. The molecule has 2 aliphatic rings. The van der Waals surface area contributed by atoms with Crippen molar-refractivity contribution in [2.75, 3.05) is 13.1 Å². The van der Waals surface area contributed by atoms with Crippen molar-refractivity contribution in [2.45, 2.75) is 76.2 Å². The first-order valence-electron chi connectivity index (χ1n) is 12.9. The summed E-state index contributed by atoms with van der Waals surface area (Å²) in [7, 11) is 0. The molecule has 4 heteroatoms. The molecule has 3 nitrogen and oxygen atoms in total. The number of Topliss-reactive ketones (excluding diaryl/α,β-unsaturated/α-hetero) is 1. The summed E-state index contributed by atoms with van der Waals surface area (Å²) in [6.07, 6.45) is 10.9. The molecule has 5 rings (SSSR count). The van der Waals surface area contributed by atoms with E-state index in [0.29, 0.717) is 17.7 Å². The lowest BCUT2D eigenvalue weighted by atomic mass is 9.79. The van der Waals surface area contributed by atoms with E-state index in [1.54, 1.807) is 0 Å². The number of pyridine rings is 1. The zero-order chi connectivity index (χ0) is 22.6. The minimum Gasteiger partial charge on any atom is -0.301 e. The molecule has 2 aromatic heterocycles. The average Bonchev–Trinajstić information content (AvgIpc) is 3.35. The molecule has 0 amide bonds. The molecule has 33 heavy (non-hydrogen) atoms. The third-order valence-corrected chi connectivity index (χ3v) is 9.04. The van der Waals surface area contributed by atoms with Crippen molar-refractivity contribution in [3.05, 3.63) is 65.3 Å². The van der Waals surface area contributed by atoms with Crippen molar-refractivity contribution >= 4 is 27.2 Å². The Labute approximate surface area is 202 Å². The van der Waals surface area contributed by atoms with Gasteiger partial charge in [0.15, 0.2) is 0 Å². The summed E-state index contributed by atoms with van der Waals surface area (Å²) in [6, 6.07) is 15.6. The monoisotopic (exact) mass is 460 g/mol. The van der Waals surface area contributed by atoms with Crippen molar-refractivity contribution in [1.82, 2.24) is 9.88 Å². The van der Waals surface area contributed by atoms with Crippen molar-refractivity contribution in [1.29, 1.82) is 0 Å². The third kappa shape index (κ3) is 5.07. The van der Waals surface area contributed by atoms with Gasteiger partial charge in [-0.05, 0) is 92.6 Å². The molecule has 1 aromatic carbocycles. The number of fused-ring (bicyclic) bond motifs is 1. The van der Waals surface area contributed by atoms with E-state index in [1.807, 2.05) is 29.7 Å². The van der Waals surface area contributed by atoms with Gasteiger partial charge in [-0.2, -0.15) is 0 Å². The van der Waals surface area contributed by atoms with Gasteiger partial charge in [0.05, 0.1) is 11.6 Å². The number of nitrogens with zero attached hydrogens (tertiary/aromatic N) is 2. The maximum Gasteiger partial charge on any atom is 0.145 e. The van der Waals surface area contributed by atoms with Gasteiger partial charge in [-0.1, -0.05) is 43.5 Å². The molecule has 174 valence electrons. The van der Waals surface area contributed by atoms with Gasteiger partial charge in [0, 0.05) is 22.9 Å². The number of carbonyl (C=O) groups excluding carboxylic acids is 1. The number of carbonyl (C=O) groups is 1. The summed E-state index contributed by atoms with van der Waals surface area (Å²) in [5.41, 5.74) is 2.51. The van der Waals surface area contributed by atoms with E-state index in [-0.39, 0.29) is 11.8 Å². The van der Waals surface area contributed by atoms with Crippen molar-refractivity contribution in [3.8, 4) is 0 Å². The van der Waals surface area contributed by atoms with Gasteiger partial charge in [-0.3, -0.25) is 9.78 Å². The van der Waals surface area contributed by atoms with Crippen LogP contribution in [-0.4, -0.2) is 34.8 Å². The van der Waals surface area contributed by atoms with Crippen molar-refractivity contribution in [2.24, 2.45) is 5.92 Å². The maximum atomic E-state index is 13.5. The Bertz CT molecular complexity index is 1060. The van der Waals surface area contributed by atoms with Crippen LogP contribution in [0.2, 0.25) is 0 Å². The number of hydrogen-bond acceptors (Lipinski definition) is 4. The highest BCUT2D eigenvalue weighted by Crippen LogP contribution is 2.38. The van der Waals surface area contributed by atoms with Gasteiger partial charge in [-0.15, -0.1) is 11.3 Å². The van der Waals surface area contributed by atoms with E-state index < -0.39 is 0 Å². The van der Waals surface area contributed by atoms with Crippen LogP contribution in [0.25, 0.3) is 10.1 Å². The van der Waals surface area contributed by atoms with E-state index in [9.17, 15) is 4.79 Å². The highest BCUT2D eigenvalue weighted by atomic mass is 32.1. The van der Waals surface area contributed by atoms with Crippen LogP contribution in [0, 0.1) is 5.92 Å². The van der Waals surface area contributed by atoms with E-state index in [4.69, 9.17) is 0 Å². The molecule has 3 heterocycles. The summed E-state index contributed by atoms with van der Waals surface area (Å²) in [6.45, 7) is 4.47. The predicted molar refractivity (Wildman–Crippen MR) is 138 cm³/mol. The van der Waals surface area contributed by atoms with Crippen LogP contribution >= 0.6 is 11.3 Å². The summed E-state index contributed by atoms with van der Waals surface area (Å²) in [5, 5.41) is 3.60. The molecule has 1 saturated heterocycles. The number of piperidine rings is 1. The molecule has 0 N–H and O–H groups in total. The van der Waals surface area contributed by atoms with Gasteiger partial charge >= 0.3 is 0 Å². The molecule has 2 fully saturated rings. The molecule has 3 unspecified atom stereocenters. The van der Waals surface area contributed by atoms with Crippen LogP contribution in [-0.2, 0) is 4.79 Å². The molecule has 0 bridgehead atoms. The van der Waals surface area contributed by atoms with Gasteiger partial charge in [-0.25, -0.2) is 0 Å². The lowest BCUT2D eigenvalue weighted by Crippen LogP contribution is -2.41. The number of benzene rings is 1. The Kier molecular flexibility index (Phi) is 7.22. The summed E-state index contributed by atoms with van der Waals surface area (Å²) < 4.78 is 1.47. The molecule has 0 radical (unpaired) electrons. The fourth-order valence-corrected chi connectivity index (χ4v) is 7.15. The van der Waals surface area contributed by atoms with Crippen molar-refractivity contribution < 1.29 is 4.79 Å². The van der Waals surface area contributed by atoms with Crippen LogP contribution in [0.4, 0.5) is 0 Å². The largest absolute Gasteiger partial charge is 0.301 e. The van der Waals surface area contributed by atoms with Gasteiger partial charge in [0.2, 0.25) is 0 Å². The fourth-order valence-electron chi connectivity index (χ4n) is 6.16. The van der Waals surface area contributed by atoms with Crippen LogP contribution in [0.1, 0.15) is 81.4 Å². The average molecular weight is 461 g/mol. The Morgan fingerprint density at radius 3 is 2.76 bits per heavy atom. The molecular formula is C29H36N2OS. The predicted octanol–water partition coefficient (Wildman–Crippen LogP) is 7.19. The first-order valence-corrected chi connectivity index (χ1v) is 13.7. The number of rotatable bonds is 7. The standard InChI is InChI=1S/C29H36N2OS/c1-21-20-24(25-11-7-10-23-15-19-33-29(23)25)13-17-31(21)18-14-26(27-12-5-6-16-30-27)28(32)22-8-3-2-4-9-22/h5-7,10-12,15-16,19,21-22,24,26H,2-4,8-9,13-14,17-18,20H2,1H3. The number of thiophene rings is 1. The topological polar surface area (TPSA) is 33.2 Å². The first kappa shape index (κ1) is 22.7. The normalized spacial score (nSPS) is 23.5. The number of ketones is 1. The zero-order valence-corrected chi connectivity index (χ0v) is 20.6. The second-order valence-corrected chi connectivity index (χ2v) is 11.0. The van der Waals surface area contributed by atoms with Gasteiger partial charge in [0.1, 0.15) is 5.78 Å². The van der Waals surface area contributed by atoms with Crippen molar-refractivity contribution in [3.63, 3.8) is 0 Å². The highest BCUT2D eigenvalue weighted by Gasteiger charge is 2.32. The maximum absolute atomic E-state index is 13.5. The number of aromatic nitrogens is 1. The van der Waals surface area contributed by atoms with Crippen LogP contribution in [0.5, 0.6) is 0 Å². The molecular weight excluding hydrogens is 424 g/mol. The molecule has 1 aliphatic heterocycles. The fraction of sp³-hybridized carbons (Fsp3) is 0.517. The van der Waals surface area contributed by atoms with E-state index in [0.717, 1.165) is 38.0 Å². The SMILES string of the molecule is CC1CC(c2cccc3ccsc23)CCN1CCC(C(=O)C1CCCCC1)c1ccccn1. The molecule has 0 spiro atoms. The van der Waals surface area contributed by atoms with E-state index in [2.05, 4.69) is 52.5 Å². The van der Waals surface area contributed by atoms with E-state index in [1.165, 1.54) is 47.8 Å². The minimum absolute atomic E-state index is 0.0564. The number of hydrogen-bond donors (Lipinski definition) is 0. The Morgan fingerprint density at radius 1 is 1.09 bits per heavy atom. The Morgan fingerprint density at radius 2 is 1.97 bits per heavy atom. The van der Waals surface area contributed by atoms with Gasteiger partial charge < -0.3 is 4.90 Å². The molecule has 1 aliphatic carbocycles. The lowest BCUT2D eigenvalue weighted by Gasteiger charge is -2.38. The van der Waals surface area contributed by atoms with E-state index >= 15 is 0 Å².